The van der Waals surface area contributed by atoms with E-state index < -0.39 is 23.5 Å². The summed E-state index contributed by atoms with van der Waals surface area (Å²) in [6.07, 6.45) is 0. The normalized spacial score (nSPS) is 13.3. The first-order valence-electron chi connectivity index (χ1n) is 14.6. The first kappa shape index (κ1) is 28.9. The zero-order valence-electron chi connectivity index (χ0n) is 24.8. The van der Waals surface area contributed by atoms with Crippen molar-refractivity contribution in [3.63, 3.8) is 0 Å². The van der Waals surface area contributed by atoms with Crippen molar-refractivity contribution in [2.45, 2.75) is 19.8 Å². The van der Waals surface area contributed by atoms with Crippen LogP contribution in [0.15, 0.2) is 109 Å². The third-order valence-electron chi connectivity index (χ3n) is 8.08. The molecule has 5 nitrogen and oxygen atoms in total. The van der Waals surface area contributed by atoms with Crippen molar-refractivity contribution in [1.82, 2.24) is 0 Å². The summed E-state index contributed by atoms with van der Waals surface area (Å²) in [6.45, 7) is 5.89. The molecule has 0 bridgehead atoms. The van der Waals surface area contributed by atoms with Crippen molar-refractivity contribution in [3.05, 3.63) is 143 Å². The molecule has 44 heavy (non-hydrogen) atoms. The fourth-order valence-corrected chi connectivity index (χ4v) is 5.97. The number of fused-ring (bicyclic) bond motifs is 2. The Bertz CT molecular complexity index is 1790. The molecule has 1 heterocycles. The van der Waals surface area contributed by atoms with Crippen molar-refractivity contribution in [2.75, 3.05) is 30.0 Å². The number of nitrogens with zero attached hydrogens (tertiary/aromatic N) is 2. The van der Waals surface area contributed by atoms with Gasteiger partial charge in [0.2, 0.25) is 0 Å². The molecule has 7 heteroatoms. The number of para-hydroxylation sites is 2. The number of carbonyl (C=O) groups is 1. The Hall–Kier alpha value is -5.17. The molecule has 5 aromatic rings. The van der Waals surface area contributed by atoms with Gasteiger partial charge in [0.25, 0.3) is 0 Å². The molecule has 0 saturated carbocycles. The lowest BCUT2D eigenvalue weighted by atomic mass is 9.80. The number of benzene rings is 5. The second kappa shape index (κ2) is 12.2. The van der Waals surface area contributed by atoms with Gasteiger partial charge in [-0.25, -0.2) is 13.6 Å². The second-order valence-electron chi connectivity index (χ2n) is 10.5. The number of esters is 1. The third kappa shape index (κ3) is 5.15. The summed E-state index contributed by atoms with van der Waals surface area (Å²) < 4.78 is 42.3. The molecule has 0 N–H and O–H groups in total. The van der Waals surface area contributed by atoms with Crippen LogP contribution in [0.4, 0.5) is 31.5 Å². The molecule has 0 radical (unpaired) electrons. The molecule has 6 rings (SSSR count). The van der Waals surface area contributed by atoms with Gasteiger partial charge in [-0.2, -0.15) is 0 Å². The third-order valence-corrected chi connectivity index (χ3v) is 8.08. The lowest BCUT2D eigenvalue weighted by molar-refractivity contribution is 0.0599. The van der Waals surface area contributed by atoms with E-state index >= 15 is 8.78 Å². The number of carbonyl (C=O) groups excluding carboxylic acids is 1. The first-order valence-corrected chi connectivity index (χ1v) is 14.6. The molecule has 0 saturated heterocycles. The van der Waals surface area contributed by atoms with Gasteiger partial charge in [-0.15, -0.1) is 0 Å². The van der Waals surface area contributed by atoms with E-state index in [4.69, 9.17) is 9.47 Å². The van der Waals surface area contributed by atoms with Crippen molar-refractivity contribution in [2.24, 2.45) is 0 Å². The molecule has 0 spiro atoms. The van der Waals surface area contributed by atoms with Crippen LogP contribution in [-0.4, -0.2) is 26.2 Å². The van der Waals surface area contributed by atoms with Gasteiger partial charge in [-0.1, -0.05) is 48.5 Å². The van der Waals surface area contributed by atoms with Gasteiger partial charge in [0, 0.05) is 47.6 Å². The van der Waals surface area contributed by atoms with Crippen LogP contribution < -0.4 is 14.5 Å². The number of methoxy groups -OCH3 is 1. The highest BCUT2D eigenvalue weighted by molar-refractivity contribution is 5.92. The van der Waals surface area contributed by atoms with Crippen molar-refractivity contribution in [1.29, 1.82) is 0 Å². The average Bonchev–Trinajstić information content (AvgIpc) is 3.05. The van der Waals surface area contributed by atoms with Crippen LogP contribution in [0.25, 0.3) is 0 Å². The fourth-order valence-electron chi connectivity index (χ4n) is 5.97. The molecule has 222 valence electrons. The maximum atomic E-state index is 15.3. The molecule has 0 fully saturated rings. The summed E-state index contributed by atoms with van der Waals surface area (Å²) in [5, 5.41) is 0. The lowest BCUT2D eigenvalue weighted by Gasteiger charge is -2.33. The van der Waals surface area contributed by atoms with Crippen LogP contribution in [-0.2, 0) is 4.74 Å². The van der Waals surface area contributed by atoms with E-state index in [1.807, 2.05) is 36.4 Å². The van der Waals surface area contributed by atoms with E-state index in [0.717, 1.165) is 35.5 Å². The molecule has 0 aromatic heterocycles. The summed E-state index contributed by atoms with van der Waals surface area (Å²) in [4.78, 5) is 16.8. The van der Waals surface area contributed by atoms with Gasteiger partial charge >= 0.3 is 5.97 Å². The smallest absolute Gasteiger partial charge is 0.338 e. The SMILES string of the molecule is CCN(CC)c1ccc2c(c1)Oc1ccc(N(c3ccccc3F)c3ccccc3F)cc1C2c1ccccc1C(=O)OC. The predicted octanol–water partition coefficient (Wildman–Crippen LogP) is 9.35. The van der Waals surface area contributed by atoms with E-state index in [9.17, 15) is 4.79 Å². The Morgan fingerprint density at radius 3 is 1.95 bits per heavy atom. The van der Waals surface area contributed by atoms with Crippen LogP contribution in [0.1, 0.15) is 46.8 Å². The first-order chi connectivity index (χ1) is 21.4. The highest BCUT2D eigenvalue weighted by atomic mass is 19.1. The molecule has 1 unspecified atom stereocenters. The summed E-state index contributed by atoms with van der Waals surface area (Å²) in [6, 6.07) is 31.5. The van der Waals surface area contributed by atoms with E-state index in [1.165, 1.54) is 19.2 Å². The maximum absolute atomic E-state index is 15.3. The van der Waals surface area contributed by atoms with Gasteiger partial charge in [0.1, 0.15) is 23.1 Å². The number of anilines is 4. The zero-order valence-corrected chi connectivity index (χ0v) is 24.8. The quantitative estimate of drug-likeness (QED) is 0.165. The van der Waals surface area contributed by atoms with Crippen molar-refractivity contribution < 1.29 is 23.0 Å². The monoisotopic (exact) mass is 590 g/mol. The van der Waals surface area contributed by atoms with Crippen LogP contribution >= 0.6 is 0 Å². The highest BCUT2D eigenvalue weighted by Crippen LogP contribution is 2.51. The van der Waals surface area contributed by atoms with Crippen LogP contribution in [0.5, 0.6) is 11.5 Å². The minimum Gasteiger partial charge on any atom is -0.465 e. The van der Waals surface area contributed by atoms with Gasteiger partial charge in [0.15, 0.2) is 0 Å². The van der Waals surface area contributed by atoms with Crippen LogP contribution in [0.3, 0.4) is 0 Å². The zero-order chi connectivity index (χ0) is 30.8. The van der Waals surface area contributed by atoms with Crippen LogP contribution in [0, 0.1) is 11.6 Å². The number of hydrogen-bond acceptors (Lipinski definition) is 5. The second-order valence-corrected chi connectivity index (χ2v) is 10.5. The molecule has 1 atom stereocenters. The minimum atomic E-state index is -0.494. The number of hydrogen-bond donors (Lipinski definition) is 0. The molecule has 0 amide bonds. The molecule has 0 aliphatic carbocycles. The van der Waals surface area contributed by atoms with Gasteiger partial charge in [0.05, 0.1) is 24.0 Å². The Kier molecular flexibility index (Phi) is 8.03. The van der Waals surface area contributed by atoms with Crippen molar-refractivity contribution >= 4 is 28.7 Å². The standard InChI is InChI=1S/C37H32F2N2O3/c1-4-40(5-2)24-18-20-28-35(23-24)44-34-21-19-25(22-29(34)36(28)26-12-6-7-13-27(26)37(42)43-3)41(32-16-10-8-14-30(32)38)33-17-11-9-15-31(33)39/h6-23,36H,4-5H2,1-3H3. The van der Waals surface area contributed by atoms with Crippen molar-refractivity contribution in [3.8, 4) is 11.5 Å². The van der Waals surface area contributed by atoms with Gasteiger partial charge in [-0.3, -0.25) is 0 Å². The minimum absolute atomic E-state index is 0.199. The van der Waals surface area contributed by atoms with E-state index in [-0.39, 0.29) is 11.4 Å². The number of halogens is 2. The Morgan fingerprint density at radius 1 is 0.705 bits per heavy atom. The van der Waals surface area contributed by atoms with Gasteiger partial charge in [-0.05, 0) is 74.0 Å². The summed E-state index contributed by atoms with van der Waals surface area (Å²) >= 11 is 0. The lowest BCUT2D eigenvalue weighted by Crippen LogP contribution is -2.22. The number of ether oxygens (including phenoxy) is 2. The predicted molar refractivity (Wildman–Crippen MR) is 170 cm³/mol. The highest BCUT2D eigenvalue weighted by Gasteiger charge is 2.33. The Morgan fingerprint density at radius 2 is 1.32 bits per heavy atom. The average molecular weight is 591 g/mol. The summed E-state index contributed by atoms with van der Waals surface area (Å²) in [7, 11) is 1.36. The van der Waals surface area contributed by atoms with Gasteiger partial charge < -0.3 is 19.3 Å². The fraction of sp³-hybridized carbons (Fsp3) is 0.162. The molecular formula is C37H32F2N2O3. The largest absolute Gasteiger partial charge is 0.465 e. The molecule has 5 aromatic carbocycles. The van der Waals surface area contributed by atoms with E-state index in [2.05, 4.69) is 24.8 Å². The molecule has 1 aliphatic heterocycles. The number of rotatable bonds is 8. The maximum Gasteiger partial charge on any atom is 0.338 e. The Balaban J connectivity index is 1.59. The summed E-state index contributed by atoms with van der Waals surface area (Å²) in [5.74, 6) is -0.606. The molecule has 1 aliphatic rings. The van der Waals surface area contributed by atoms with E-state index in [1.54, 1.807) is 59.5 Å². The summed E-state index contributed by atoms with van der Waals surface area (Å²) in [5.41, 5.74) is 4.74. The molecular weight excluding hydrogens is 558 g/mol. The van der Waals surface area contributed by atoms with Crippen LogP contribution in [0.2, 0.25) is 0 Å². The van der Waals surface area contributed by atoms with E-state index in [0.29, 0.717) is 22.7 Å². The Labute approximate surface area is 255 Å². The topological polar surface area (TPSA) is 42.0 Å².